The van der Waals surface area contributed by atoms with E-state index >= 15 is 0 Å². The fraction of sp³-hybridized carbons (Fsp3) is 0.929. The van der Waals surface area contributed by atoms with Crippen LogP contribution >= 0.6 is 0 Å². The van der Waals surface area contributed by atoms with Gasteiger partial charge in [-0.1, -0.05) is 13.3 Å². The smallest absolute Gasteiger partial charge is 0.0638 e. The number of fused-ring (bicyclic) bond motifs is 2. The molecule has 0 amide bonds. The third-order valence-corrected chi connectivity index (χ3v) is 4.76. The molecule has 2 heteroatoms. The van der Waals surface area contributed by atoms with Gasteiger partial charge in [0.2, 0.25) is 0 Å². The molecule has 90 valence electrons. The van der Waals surface area contributed by atoms with Crippen LogP contribution < -0.4 is 5.32 Å². The summed E-state index contributed by atoms with van der Waals surface area (Å²) < 4.78 is 0. The fourth-order valence-corrected chi connectivity index (χ4v) is 3.83. The summed E-state index contributed by atoms with van der Waals surface area (Å²) in [7, 11) is 0. The fourth-order valence-electron chi connectivity index (χ4n) is 3.83. The van der Waals surface area contributed by atoms with Crippen LogP contribution in [0.1, 0.15) is 52.4 Å². The summed E-state index contributed by atoms with van der Waals surface area (Å²) in [5.41, 5.74) is 0. The van der Waals surface area contributed by atoms with Crippen molar-refractivity contribution in [1.29, 1.82) is 5.26 Å². The predicted octanol–water partition coefficient (Wildman–Crippen LogP) is 3.09. The zero-order chi connectivity index (χ0) is 11.5. The van der Waals surface area contributed by atoms with Crippen LogP contribution in [0.5, 0.6) is 0 Å². The maximum Gasteiger partial charge on any atom is 0.0638 e. The second-order valence-electron chi connectivity index (χ2n) is 5.76. The summed E-state index contributed by atoms with van der Waals surface area (Å²) in [4.78, 5) is 0. The second kappa shape index (κ2) is 5.19. The molecule has 0 saturated heterocycles. The van der Waals surface area contributed by atoms with Gasteiger partial charge >= 0.3 is 0 Å². The van der Waals surface area contributed by atoms with Crippen molar-refractivity contribution in [1.82, 2.24) is 5.32 Å². The molecule has 0 aromatic carbocycles. The van der Waals surface area contributed by atoms with Gasteiger partial charge in [0.1, 0.15) is 0 Å². The molecular weight excluding hydrogens is 196 g/mol. The summed E-state index contributed by atoms with van der Waals surface area (Å²) >= 11 is 0. The van der Waals surface area contributed by atoms with Gasteiger partial charge in [-0.25, -0.2) is 0 Å². The normalized spacial score (nSPS) is 35.9. The second-order valence-corrected chi connectivity index (χ2v) is 5.76. The van der Waals surface area contributed by atoms with E-state index in [9.17, 15) is 0 Å². The van der Waals surface area contributed by atoms with E-state index in [1.54, 1.807) is 0 Å². The van der Waals surface area contributed by atoms with Gasteiger partial charge in [-0.3, -0.25) is 0 Å². The molecule has 2 saturated carbocycles. The lowest BCUT2D eigenvalue weighted by Gasteiger charge is -2.31. The highest BCUT2D eigenvalue weighted by atomic mass is 15.0. The van der Waals surface area contributed by atoms with Crippen molar-refractivity contribution in [3.63, 3.8) is 0 Å². The van der Waals surface area contributed by atoms with Gasteiger partial charge in [0.15, 0.2) is 0 Å². The molecule has 0 radical (unpaired) electrons. The van der Waals surface area contributed by atoms with Crippen molar-refractivity contribution >= 4 is 0 Å². The summed E-state index contributed by atoms with van der Waals surface area (Å²) in [5, 5.41) is 12.4. The van der Waals surface area contributed by atoms with E-state index < -0.39 is 0 Å². The van der Waals surface area contributed by atoms with Crippen molar-refractivity contribution in [2.45, 2.75) is 64.5 Å². The third-order valence-electron chi connectivity index (χ3n) is 4.76. The molecule has 5 atom stereocenters. The molecule has 0 spiro atoms. The minimum absolute atomic E-state index is 0.402. The highest BCUT2D eigenvalue weighted by molar-refractivity contribution is 4.95. The molecular formula is C14H24N2. The Morgan fingerprint density at radius 2 is 2.19 bits per heavy atom. The maximum atomic E-state index is 8.76. The Morgan fingerprint density at radius 1 is 1.38 bits per heavy atom. The zero-order valence-electron chi connectivity index (χ0n) is 10.6. The minimum Gasteiger partial charge on any atom is -0.310 e. The first-order valence-electron chi connectivity index (χ1n) is 6.87. The van der Waals surface area contributed by atoms with Crippen molar-refractivity contribution < 1.29 is 0 Å². The molecule has 0 aromatic rings. The highest BCUT2D eigenvalue weighted by Crippen LogP contribution is 2.49. The lowest BCUT2D eigenvalue weighted by atomic mass is 9.83. The SMILES string of the molecule is CCC(CC#N)NC(C)C1CC2CCC1C2. The first kappa shape index (κ1) is 11.9. The average molecular weight is 220 g/mol. The number of rotatable bonds is 5. The largest absolute Gasteiger partial charge is 0.310 e. The first-order chi connectivity index (χ1) is 7.74. The Bertz CT molecular complexity index is 268. The Labute approximate surface area is 99.4 Å². The lowest BCUT2D eigenvalue weighted by Crippen LogP contribution is -2.42. The van der Waals surface area contributed by atoms with E-state index in [4.69, 9.17) is 5.26 Å². The third kappa shape index (κ3) is 2.40. The molecule has 0 aliphatic heterocycles. The highest BCUT2D eigenvalue weighted by Gasteiger charge is 2.41. The standard InChI is InChI=1S/C14H24N2/c1-3-13(6-7-15)16-10(2)14-9-11-4-5-12(14)8-11/h10-14,16H,3-6,8-9H2,1-2H3. The molecule has 0 aromatic heterocycles. The monoisotopic (exact) mass is 220 g/mol. The van der Waals surface area contributed by atoms with Crippen LogP contribution in [0.15, 0.2) is 0 Å². The molecule has 0 heterocycles. The summed E-state index contributed by atoms with van der Waals surface area (Å²) in [6.07, 6.45) is 7.56. The van der Waals surface area contributed by atoms with Crippen LogP contribution in [0, 0.1) is 29.1 Å². The number of hydrogen-bond acceptors (Lipinski definition) is 2. The minimum atomic E-state index is 0.402. The molecule has 2 aliphatic carbocycles. The Morgan fingerprint density at radius 3 is 2.69 bits per heavy atom. The van der Waals surface area contributed by atoms with Gasteiger partial charge in [-0.2, -0.15) is 5.26 Å². The zero-order valence-corrected chi connectivity index (χ0v) is 10.6. The van der Waals surface area contributed by atoms with Gasteiger partial charge in [0.05, 0.1) is 12.5 Å². The molecule has 2 rings (SSSR count). The number of hydrogen-bond donors (Lipinski definition) is 1. The lowest BCUT2D eigenvalue weighted by molar-refractivity contribution is 0.243. The van der Waals surface area contributed by atoms with Crippen molar-refractivity contribution in [3.8, 4) is 6.07 Å². The van der Waals surface area contributed by atoms with Crippen molar-refractivity contribution in [2.24, 2.45) is 17.8 Å². The van der Waals surface area contributed by atoms with E-state index in [1.165, 1.54) is 25.7 Å². The van der Waals surface area contributed by atoms with E-state index in [-0.39, 0.29) is 0 Å². The van der Waals surface area contributed by atoms with Crippen LogP contribution in [0.2, 0.25) is 0 Å². The number of nitrogens with one attached hydrogen (secondary N) is 1. The summed E-state index contributed by atoms with van der Waals surface area (Å²) in [5.74, 6) is 2.88. The van der Waals surface area contributed by atoms with Gasteiger partial charge in [0, 0.05) is 12.1 Å². The Hall–Kier alpha value is -0.550. The molecule has 2 aliphatic rings. The molecule has 2 bridgehead atoms. The molecule has 5 unspecified atom stereocenters. The molecule has 1 N–H and O–H groups in total. The van der Waals surface area contributed by atoms with Crippen LogP contribution in [-0.2, 0) is 0 Å². The Balaban J connectivity index is 1.83. The van der Waals surface area contributed by atoms with Crippen molar-refractivity contribution in [3.05, 3.63) is 0 Å². The van der Waals surface area contributed by atoms with Crippen LogP contribution in [-0.4, -0.2) is 12.1 Å². The van der Waals surface area contributed by atoms with Crippen LogP contribution in [0.25, 0.3) is 0 Å². The molecule has 2 fully saturated rings. The molecule has 2 nitrogen and oxygen atoms in total. The quantitative estimate of drug-likeness (QED) is 0.773. The summed E-state index contributed by atoms with van der Waals surface area (Å²) in [6, 6.07) is 3.29. The van der Waals surface area contributed by atoms with Gasteiger partial charge < -0.3 is 5.32 Å². The van der Waals surface area contributed by atoms with Crippen LogP contribution in [0.4, 0.5) is 0 Å². The summed E-state index contributed by atoms with van der Waals surface area (Å²) in [6.45, 7) is 4.49. The average Bonchev–Trinajstić information content (AvgIpc) is 2.89. The van der Waals surface area contributed by atoms with Crippen molar-refractivity contribution in [2.75, 3.05) is 0 Å². The van der Waals surface area contributed by atoms with E-state index in [0.29, 0.717) is 18.5 Å². The number of nitrogens with zero attached hydrogens (tertiary/aromatic N) is 1. The van der Waals surface area contributed by atoms with Crippen LogP contribution in [0.3, 0.4) is 0 Å². The molecule has 16 heavy (non-hydrogen) atoms. The first-order valence-corrected chi connectivity index (χ1v) is 6.87. The maximum absolute atomic E-state index is 8.76. The Kier molecular flexibility index (Phi) is 3.86. The number of nitriles is 1. The van der Waals surface area contributed by atoms with E-state index in [1.807, 2.05) is 0 Å². The predicted molar refractivity (Wildman–Crippen MR) is 65.8 cm³/mol. The topological polar surface area (TPSA) is 35.8 Å². The van der Waals surface area contributed by atoms with E-state index in [0.717, 1.165) is 24.2 Å². The van der Waals surface area contributed by atoms with Gasteiger partial charge in [-0.15, -0.1) is 0 Å². The van der Waals surface area contributed by atoms with Gasteiger partial charge in [0.25, 0.3) is 0 Å². The van der Waals surface area contributed by atoms with Gasteiger partial charge in [-0.05, 0) is 50.4 Å². The van der Waals surface area contributed by atoms with E-state index in [2.05, 4.69) is 25.2 Å².